The smallest absolute Gasteiger partial charge is 0.122 e. The summed E-state index contributed by atoms with van der Waals surface area (Å²) in [6.07, 6.45) is 1.06. The Morgan fingerprint density at radius 1 is 0.875 bits per heavy atom. The molecule has 0 unspecified atom stereocenters. The van der Waals surface area contributed by atoms with Crippen LogP contribution in [-0.2, 0) is 19.5 Å². The number of hydrogen-bond acceptors (Lipinski definition) is 3. The molecule has 0 spiro atoms. The van der Waals surface area contributed by atoms with Gasteiger partial charge in [-0.1, -0.05) is 42.0 Å². The quantitative estimate of drug-likeness (QED) is 0.859. The summed E-state index contributed by atoms with van der Waals surface area (Å²) in [5.41, 5.74) is 5.59. The molecule has 0 radical (unpaired) electrons. The third-order valence-electron chi connectivity index (χ3n) is 5.11. The molecule has 0 amide bonds. The number of hydrogen-bond donors (Lipinski definition) is 0. The van der Waals surface area contributed by atoms with Gasteiger partial charge in [0.15, 0.2) is 0 Å². The highest BCUT2D eigenvalue weighted by atomic mass is 16.5. The van der Waals surface area contributed by atoms with Crippen LogP contribution in [-0.4, -0.2) is 42.6 Å². The molecular formula is C21H26N2O. The number of ether oxygens (including phenoxy) is 1. The van der Waals surface area contributed by atoms with Crippen LogP contribution in [0.5, 0.6) is 5.75 Å². The lowest BCUT2D eigenvalue weighted by atomic mass is 10.1. The molecule has 0 N–H and O–H groups in total. The molecule has 2 aromatic carbocycles. The van der Waals surface area contributed by atoms with Crippen molar-refractivity contribution in [3.05, 3.63) is 64.7 Å². The van der Waals surface area contributed by atoms with Crippen molar-refractivity contribution in [3.63, 3.8) is 0 Å². The van der Waals surface area contributed by atoms with Gasteiger partial charge in [-0.2, -0.15) is 0 Å². The fourth-order valence-electron chi connectivity index (χ4n) is 3.77. The molecule has 2 heterocycles. The summed E-state index contributed by atoms with van der Waals surface area (Å²) in [4.78, 5) is 5.14. The molecule has 24 heavy (non-hydrogen) atoms. The third-order valence-corrected chi connectivity index (χ3v) is 5.11. The Morgan fingerprint density at radius 2 is 1.58 bits per heavy atom. The Kier molecular flexibility index (Phi) is 4.54. The van der Waals surface area contributed by atoms with Gasteiger partial charge < -0.3 is 4.74 Å². The van der Waals surface area contributed by atoms with Crippen molar-refractivity contribution in [3.8, 4) is 5.75 Å². The minimum absolute atomic E-state index is 0.844. The highest BCUT2D eigenvalue weighted by Crippen LogP contribution is 2.26. The van der Waals surface area contributed by atoms with Gasteiger partial charge in [0.1, 0.15) is 5.75 Å². The lowest BCUT2D eigenvalue weighted by Gasteiger charge is -2.34. The van der Waals surface area contributed by atoms with Gasteiger partial charge in [-0.25, -0.2) is 0 Å². The van der Waals surface area contributed by atoms with E-state index in [-0.39, 0.29) is 0 Å². The van der Waals surface area contributed by atoms with E-state index in [1.807, 2.05) is 0 Å². The van der Waals surface area contributed by atoms with Gasteiger partial charge in [-0.15, -0.1) is 0 Å². The lowest BCUT2D eigenvalue weighted by molar-refractivity contribution is 0.122. The maximum atomic E-state index is 5.60. The molecule has 1 saturated heterocycles. The molecule has 4 rings (SSSR count). The van der Waals surface area contributed by atoms with Crippen LogP contribution in [0.4, 0.5) is 0 Å². The molecule has 0 bridgehead atoms. The Labute approximate surface area is 144 Å². The predicted octanol–water partition coefficient (Wildman–Crippen LogP) is 3.25. The van der Waals surface area contributed by atoms with E-state index in [0.29, 0.717) is 0 Å². The Balaban J connectivity index is 1.30. The second-order valence-electron chi connectivity index (χ2n) is 7.08. The second kappa shape index (κ2) is 6.96. The van der Waals surface area contributed by atoms with E-state index in [4.69, 9.17) is 4.74 Å². The van der Waals surface area contributed by atoms with Crippen molar-refractivity contribution in [2.45, 2.75) is 26.4 Å². The zero-order valence-corrected chi connectivity index (χ0v) is 14.5. The van der Waals surface area contributed by atoms with Gasteiger partial charge in [-0.3, -0.25) is 9.80 Å². The summed E-state index contributed by atoms with van der Waals surface area (Å²) in [5.74, 6) is 1.08. The van der Waals surface area contributed by atoms with Crippen LogP contribution >= 0.6 is 0 Å². The van der Waals surface area contributed by atoms with E-state index < -0.39 is 0 Å². The first-order valence-electron chi connectivity index (χ1n) is 9.01. The van der Waals surface area contributed by atoms with Gasteiger partial charge in [0, 0.05) is 45.7 Å². The molecule has 1 fully saturated rings. The zero-order valence-electron chi connectivity index (χ0n) is 14.5. The van der Waals surface area contributed by atoms with Crippen LogP contribution in [0.3, 0.4) is 0 Å². The molecule has 2 aliphatic rings. The Morgan fingerprint density at radius 3 is 2.29 bits per heavy atom. The molecular weight excluding hydrogens is 296 g/mol. The van der Waals surface area contributed by atoms with Crippen molar-refractivity contribution < 1.29 is 4.74 Å². The fourth-order valence-corrected chi connectivity index (χ4v) is 3.77. The first-order valence-corrected chi connectivity index (χ1v) is 9.01. The first kappa shape index (κ1) is 15.7. The summed E-state index contributed by atoms with van der Waals surface area (Å²) in [6, 6.07) is 15.6. The summed E-state index contributed by atoms with van der Waals surface area (Å²) >= 11 is 0. The van der Waals surface area contributed by atoms with Crippen LogP contribution in [0.15, 0.2) is 42.5 Å². The number of rotatable bonds is 4. The molecule has 0 aromatic heterocycles. The summed E-state index contributed by atoms with van der Waals surface area (Å²) < 4.78 is 5.60. The number of piperazine rings is 1. The van der Waals surface area contributed by atoms with Crippen LogP contribution in [0.2, 0.25) is 0 Å². The van der Waals surface area contributed by atoms with E-state index in [1.54, 1.807) is 0 Å². The predicted molar refractivity (Wildman–Crippen MR) is 97.4 cm³/mol. The molecule has 0 aliphatic carbocycles. The van der Waals surface area contributed by atoms with Crippen molar-refractivity contribution >= 4 is 0 Å². The summed E-state index contributed by atoms with van der Waals surface area (Å²) in [7, 11) is 0. The lowest BCUT2D eigenvalue weighted by Crippen LogP contribution is -2.45. The highest BCUT2D eigenvalue weighted by Gasteiger charge is 2.18. The average molecular weight is 322 g/mol. The first-order chi connectivity index (χ1) is 11.8. The van der Waals surface area contributed by atoms with Gasteiger partial charge in [-0.05, 0) is 29.7 Å². The summed E-state index contributed by atoms with van der Waals surface area (Å²) in [5, 5.41) is 0. The Bertz CT molecular complexity index is 705. The van der Waals surface area contributed by atoms with Crippen molar-refractivity contribution in [2.24, 2.45) is 0 Å². The number of aryl methyl sites for hydroxylation is 1. The topological polar surface area (TPSA) is 15.7 Å². The minimum Gasteiger partial charge on any atom is -0.493 e. The van der Waals surface area contributed by atoms with E-state index in [2.05, 4.69) is 59.2 Å². The van der Waals surface area contributed by atoms with Crippen LogP contribution < -0.4 is 4.74 Å². The van der Waals surface area contributed by atoms with Crippen molar-refractivity contribution in [2.75, 3.05) is 32.8 Å². The molecule has 2 aliphatic heterocycles. The highest BCUT2D eigenvalue weighted by molar-refractivity contribution is 5.39. The normalized spacial score (nSPS) is 18.4. The average Bonchev–Trinajstić information content (AvgIpc) is 3.04. The SMILES string of the molecule is Cc1cccc(CN2CCN(Cc3ccc4c(c3)CCO4)CC2)c1. The molecule has 0 atom stereocenters. The molecule has 3 heteroatoms. The van der Waals surface area contributed by atoms with Gasteiger partial charge in [0.2, 0.25) is 0 Å². The van der Waals surface area contributed by atoms with Crippen molar-refractivity contribution in [1.29, 1.82) is 0 Å². The standard InChI is InChI=1S/C21H26N2O/c1-17-3-2-4-18(13-17)15-22-8-10-23(11-9-22)16-19-5-6-21-20(14-19)7-12-24-21/h2-6,13-14H,7-12,15-16H2,1H3. The van der Waals surface area contributed by atoms with Crippen LogP contribution in [0, 0.1) is 6.92 Å². The second-order valence-corrected chi connectivity index (χ2v) is 7.08. The van der Waals surface area contributed by atoms with Gasteiger partial charge in [0.25, 0.3) is 0 Å². The zero-order chi connectivity index (χ0) is 16.4. The largest absolute Gasteiger partial charge is 0.493 e. The number of benzene rings is 2. The molecule has 3 nitrogen and oxygen atoms in total. The number of fused-ring (bicyclic) bond motifs is 1. The maximum Gasteiger partial charge on any atom is 0.122 e. The minimum atomic E-state index is 0.844. The van der Waals surface area contributed by atoms with E-state index in [9.17, 15) is 0 Å². The molecule has 126 valence electrons. The van der Waals surface area contributed by atoms with E-state index in [1.165, 1.54) is 22.3 Å². The van der Waals surface area contributed by atoms with Gasteiger partial charge in [0.05, 0.1) is 6.61 Å². The molecule has 2 aromatic rings. The maximum absolute atomic E-state index is 5.60. The van der Waals surface area contributed by atoms with E-state index in [0.717, 1.165) is 58.0 Å². The Hall–Kier alpha value is -1.84. The van der Waals surface area contributed by atoms with Crippen molar-refractivity contribution in [1.82, 2.24) is 9.80 Å². The summed E-state index contributed by atoms with van der Waals surface area (Å²) in [6.45, 7) is 9.76. The number of nitrogens with zero attached hydrogens (tertiary/aromatic N) is 2. The van der Waals surface area contributed by atoms with Gasteiger partial charge >= 0.3 is 0 Å². The van der Waals surface area contributed by atoms with E-state index >= 15 is 0 Å². The molecule has 0 saturated carbocycles. The van der Waals surface area contributed by atoms with Crippen LogP contribution in [0.1, 0.15) is 22.3 Å². The third kappa shape index (κ3) is 3.63. The monoisotopic (exact) mass is 322 g/mol. The fraction of sp³-hybridized carbons (Fsp3) is 0.429. The van der Waals surface area contributed by atoms with Crippen LogP contribution in [0.25, 0.3) is 0 Å².